The second kappa shape index (κ2) is 8.88. The summed E-state index contributed by atoms with van der Waals surface area (Å²) in [6.07, 6.45) is 1.80. The van der Waals surface area contributed by atoms with Crippen molar-refractivity contribution >= 4 is 46.7 Å². The van der Waals surface area contributed by atoms with E-state index in [2.05, 4.69) is 11.9 Å². The second-order valence-corrected chi connectivity index (χ2v) is 8.79. The number of allylic oxidation sites excluding steroid dienone is 1. The summed E-state index contributed by atoms with van der Waals surface area (Å²) in [5.41, 5.74) is 2.68. The largest absolute Gasteiger partial charge is 0.329 e. The van der Waals surface area contributed by atoms with E-state index in [9.17, 15) is 19.2 Å². The summed E-state index contributed by atoms with van der Waals surface area (Å²) in [6.45, 7) is 3.72. The number of ketones is 1. The molecule has 2 aliphatic heterocycles. The monoisotopic (exact) mass is 470 g/mol. The standard InChI is InChI=1S/C24H20Cl2N2O4/c1-13-2-9-21(22(30)27-13)28-23(31)17-7-4-14(11-18(17)24(28)32)3-6-16(29)10-15-5-8-19(25)20(26)12-15/h4-5,7-8,11-12,21H,1-3,6,9-10H2,(H,27,30). The van der Waals surface area contributed by atoms with Crippen molar-refractivity contribution in [1.29, 1.82) is 0 Å². The third kappa shape index (κ3) is 4.33. The molecule has 1 saturated heterocycles. The molecule has 2 aliphatic rings. The van der Waals surface area contributed by atoms with Crippen molar-refractivity contribution in [2.45, 2.75) is 38.1 Å². The first kappa shape index (κ1) is 22.2. The molecule has 1 fully saturated rings. The van der Waals surface area contributed by atoms with Crippen molar-refractivity contribution in [2.24, 2.45) is 0 Å². The smallest absolute Gasteiger partial charge is 0.262 e. The number of fused-ring (bicyclic) bond motifs is 1. The highest BCUT2D eigenvalue weighted by molar-refractivity contribution is 6.42. The molecule has 0 spiro atoms. The highest BCUT2D eigenvalue weighted by Crippen LogP contribution is 2.29. The van der Waals surface area contributed by atoms with E-state index in [4.69, 9.17) is 23.2 Å². The van der Waals surface area contributed by atoms with Gasteiger partial charge in [0.25, 0.3) is 11.8 Å². The van der Waals surface area contributed by atoms with Crippen LogP contribution in [0.25, 0.3) is 0 Å². The molecule has 0 aromatic heterocycles. The number of benzene rings is 2. The van der Waals surface area contributed by atoms with Gasteiger partial charge in [0.15, 0.2) is 0 Å². The first-order valence-corrected chi connectivity index (χ1v) is 11.0. The van der Waals surface area contributed by atoms with Crippen LogP contribution in [0.2, 0.25) is 10.0 Å². The maximum atomic E-state index is 12.9. The van der Waals surface area contributed by atoms with Crippen LogP contribution in [0.15, 0.2) is 48.7 Å². The number of aryl methyl sites for hydroxylation is 1. The predicted octanol–water partition coefficient (Wildman–Crippen LogP) is 4.13. The van der Waals surface area contributed by atoms with Gasteiger partial charge < -0.3 is 5.32 Å². The molecule has 3 amide bonds. The van der Waals surface area contributed by atoms with Crippen molar-refractivity contribution in [3.8, 4) is 0 Å². The molecular weight excluding hydrogens is 451 g/mol. The van der Waals surface area contributed by atoms with Gasteiger partial charge in [-0.25, -0.2) is 0 Å². The Morgan fingerprint density at radius 2 is 1.72 bits per heavy atom. The Labute approximate surface area is 195 Å². The zero-order valence-corrected chi connectivity index (χ0v) is 18.6. The molecular formula is C24H20Cl2N2O4. The average molecular weight is 471 g/mol. The van der Waals surface area contributed by atoms with Crippen molar-refractivity contribution < 1.29 is 19.2 Å². The van der Waals surface area contributed by atoms with Gasteiger partial charge in [-0.05, 0) is 54.7 Å². The zero-order valence-electron chi connectivity index (χ0n) is 17.1. The molecule has 4 rings (SSSR count). The van der Waals surface area contributed by atoms with Crippen LogP contribution in [-0.2, 0) is 22.4 Å². The minimum absolute atomic E-state index is 0.0204. The Morgan fingerprint density at radius 1 is 1.00 bits per heavy atom. The maximum Gasteiger partial charge on any atom is 0.262 e. The normalized spacial score (nSPS) is 18.1. The minimum atomic E-state index is -0.843. The molecule has 1 N–H and O–H groups in total. The Kier molecular flexibility index (Phi) is 6.17. The van der Waals surface area contributed by atoms with Crippen LogP contribution in [0.3, 0.4) is 0 Å². The van der Waals surface area contributed by atoms with Crippen LogP contribution < -0.4 is 5.32 Å². The number of hydrogen-bond donors (Lipinski definition) is 1. The summed E-state index contributed by atoms with van der Waals surface area (Å²) in [6, 6.07) is 9.22. The number of rotatable bonds is 6. The van der Waals surface area contributed by atoms with Gasteiger partial charge in [0.1, 0.15) is 11.8 Å². The third-order valence-corrected chi connectivity index (χ3v) is 6.43. The number of piperidine rings is 1. The van der Waals surface area contributed by atoms with Crippen LogP contribution in [0.5, 0.6) is 0 Å². The van der Waals surface area contributed by atoms with E-state index in [1.165, 1.54) is 0 Å². The first-order valence-electron chi connectivity index (χ1n) is 10.2. The Bertz CT molecular complexity index is 1170. The van der Waals surface area contributed by atoms with E-state index >= 15 is 0 Å². The molecule has 0 radical (unpaired) electrons. The van der Waals surface area contributed by atoms with E-state index in [1.807, 2.05) is 0 Å². The van der Waals surface area contributed by atoms with E-state index in [0.29, 0.717) is 35.0 Å². The van der Waals surface area contributed by atoms with Gasteiger partial charge in [0, 0.05) is 18.5 Å². The third-order valence-electron chi connectivity index (χ3n) is 5.69. The van der Waals surface area contributed by atoms with Gasteiger partial charge in [-0.1, -0.05) is 41.9 Å². The summed E-state index contributed by atoms with van der Waals surface area (Å²) >= 11 is 11.9. The summed E-state index contributed by atoms with van der Waals surface area (Å²) in [7, 11) is 0. The summed E-state index contributed by atoms with van der Waals surface area (Å²) in [4.78, 5) is 51.5. The number of nitrogens with one attached hydrogen (secondary N) is 1. The lowest BCUT2D eigenvalue weighted by atomic mass is 9.99. The summed E-state index contributed by atoms with van der Waals surface area (Å²) in [5.74, 6) is -1.34. The fraction of sp³-hybridized carbons (Fsp3) is 0.250. The van der Waals surface area contributed by atoms with Gasteiger partial charge in [-0.2, -0.15) is 0 Å². The SMILES string of the molecule is C=C1CCC(N2C(=O)c3ccc(CCC(=O)Cc4ccc(Cl)c(Cl)c4)cc3C2=O)C(=O)N1. The summed E-state index contributed by atoms with van der Waals surface area (Å²) < 4.78 is 0. The number of nitrogens with zero attached hydrogens (tertiary/aromatic N) is 1. The highest BCUT2D eigenvalue weighted by Gasteiger charge is 2.43. The lowest BCUT2D eigenvalue weighted by Crippen LogP contribution is -2.51. The number of Topliss-reactive ketones (excluding diaryl/α,β-unsaturated/α-hetero) is 1. The minimum Gasteiger partial charge on any atom is -0.329 e. The fourth-order valence-electron chi connectivity index (χ4n) is 4.00. The number of imide groups is 1. The topological polar surface area (TPSA) is 83.6 Å². The molecule has 164 valence electrons. The number of carbonyl (C=O) groups excluding carboxylic acids is 4. The van der Waals surface area contributed by atoms with Crippen LogP contribution in [0.1, 0.15) is 51.1 Å². The molecule has 8 heteroatoms. The highest BCUT2D eigenvalue weighted by atomic mass is 35.5. The van der Waals surface area contributed by atoms with E-state index in [-0.39, 0.29) is 29.8 Å². The molecule has 32 heavy (non-hydrogen) atoms. The zero-order chi connectivity index (χ0) is 23.0. The molecule has 0 aliphatic carbocycles. The second-order valence-electron chi connectivity index (χ2n) is 7.97. The number of amides is 3. The van der Waals surface area contributed by atoms with Crippen molar-refractivity contribution in [3.05, 3.63) is 81.0 Å². The predicted molar refractivity (Wildman–Crippen MR) is 121 cm³/mol. The fourth-order valence-corrected chi connectivity index (χ4v) is 4.32. The first-order chi connectivity index (χ1) is 15.2. The number of carbonyl (C=O) groups is 4. The average Bonchev–Trinajstić information content (AvgIpc) is 2.99. The molecule has 1 atom stereocenters. The van der Waals surface area contributed by atoms with Crippen molar-refractivity contribution in [2.75, 3.05) is 0 Å². The molecule has 6 nitrogen and oxygen atoms in total. The Morgan fingerprint density at radius 3 is 2.44 bits per heavy atom. The van der Waals surface area contributed by atoms with Crippen LogP contribution in [-0.4, -0.2) is 34.4 Å². The molecule has 2 aromatic rings. The van der Waals surface area contributed by atoms with Gasteiger partial charge in [0.2, 0.25) is 5.91 Å². The molecule has 1 unspecified atom stereocenters. The van der Waals surface area contributed by atoms with E-state index in [1.54, 1.807) is 36.4 Å². The quantitative estimate of drug-likeness (QED) is 0.643. The van der Waals surface area contributed by atoms with E-state index in [0.717, 1.165) is 16.0 Å². The Hall–Kier alpha value is -2.96. The van der Waals surface area contributed by atoms with Gasteiger partial charge in [-0.15, -0.1) is 0 Å². The number of hydrogen-bond acceptors (Lipinski definition) is 4. The lowest BCUT2D eigenvalue weighted by molar-refractivity contribution is -0.125. The van der Waals surface area contributed by atoms with Crippen molar-refractivity contribution in [1.82, 2.24) is 10.2 Å². The van der Waals surface area contributed by atoms with E-state index < -0.39 is 23.8 Å². The summed E-state index contributed by atoms with van der Waals surface area (Å²) in [5, 5.41) is 3.45. The van der Waals surface area contributed by atoms with Gasteiger partial charge in [-0.3, -0.25) is 24.1 Å². The van der Waals surface area contributed by atoms with Crippen molar-refractivity contribution in [3.63, 3.8) is 0 Å². The molecule has 0 saturated carbocycles. The van der Waals surface area contributed by atoms with Gasteiger partial charge >= 0.3 is 0 Å². The van der Waals surface area contributed by atoms with Gasteiger partial charge in [0.05, 0.1) is 21.2 Å². The Balaban J connectivity index is 1.43. The number of halogens is 2. The van der Waals surface area contributed by atoms with Crippen LogP contribution >= 0.6 is 23.2 Å². The maximum absolute atomic E-state index is 12.9. The lowest BCUT2D eigenvalue weighted by Gasteiger charge is -2.29. The van der Waals surface area contributed by atoms with Crippen LogP contribution in [0, 0.1) is 0 Å². The molecule has 2 aromatic carbocycles. The molecule has 2 heterocycles. The molecule has 0 bridgehead atoms. The van der Waals surface area contributed by atoms with Crippen LogP contribution in [0.4, 0.5) is 0 Å².